The molecule has 1 aromatic carbocycles. The summed E-state index contributed by atoms with van der Waals surface area (Å²) in [4.78, 5) is 0. The van der Waals surface area contributed by atoms with Crippen molar-refractivity contribution in [1.29, 1.82) is 0 Å². The minimum atomic E-state index is -4.84. The molecule has 1 fully saturated rings. The largest absolute Gasteiger partial charge is 0.498 e. The van der Waals surface area contributed by atoms with E-state index < -0.39 is 35.9 Å². The Morgan fingerprint density at radius 2 is 1.62 bits per heavy atom. The summed E-state index contributed by atoms with van der Waals surface area (Å²) in [6, 6.07) is 1.32. The molecule has 0 aliphatic carbocycles. The van der Waals surface area contributed by atoms with Gasteiger partial charge < -0.3 is 18.8 Å². The molecule has 9 heteroatoms. The van der Waals surface area contributed by atoms with Gasteiger partial charge in [-0.1, -0.05) is 0 Å². The summed E-state index contributed by atoms with van der Waals surface area (Å²) in [7, 11) is 0.265. The Kier molecular flexibility index (Phi) is 4.91. The maximum atomic E-state index is 14.0. The Labute approximate surface area is 138 Å². The Bertz CT molecular complexity index is 600. The Hall–Kier alpha value is -1.32. The van der Waals surface area contributed by atoms with E-state index in [4.69, 9.17) is 18.8 Å². The van der Waals surface area contributed by atoms with Crippen LogP contribution in [-0.2, 0) is 20.2 Å². The van der Waals surface area contributed by atoms with Crippen molar-refractivity contribution in [2.24, 2.45) is 0 Å². The number of methoxy groups -OCH3 is 1. The summed E-state index contributed by atoms with van der Waals surface area (Å²) < 4.78 is 74.1. The molecule has 1 saturated heterocycles. The van der Waals surface area contributed by atoms with Gasteiger partial charge in [-0.05, 0) is 39.8 Å². The molecule has 0 spiro atoms. The second-order valence-electron chi connectivity index (χ2n) is 6.51. The third kappa shape index (κ3) is 3.53. The first-order valence-electron chi connectivity index (χ1n) is 7.27. The van der Waals surface area contributed by atoms with E-state index in [2.05, 4.69) is 0 Å². The molecule has 2 rings (SSSR count). The van der Waals surface area contributed by atoms with Crippen LogP contribution in [0.5, 0.6) is 5.75 Å². The van der Waals surface area contributed by atoms with Crippen molar-refractivity contribution in [1.82, 2.24) is 0 Å². The van der Waals surface area contributed by atoms with Gasteiger partial charge in [0.05, 0.1) is 16.8 Å². The van der Waals surface area contributed by atoms with Crippen molar-refractivity contribution in [3.05, 3.63) is 23.5 Å². The average Bonchev–Trinajstić information content (AvgIpc) is 2.64. The second kappa shape index (κ2) is 6.20. The van der Waals surface area contributed by atoms with Gasteiger partial charge in [0.2, 0.25) is 0 Å². The Morgan fingerprint density at radius 3 is 2.08 bits per heavy atom. The third-order valence-corrected chi connectivity index (χ3v) is 4.24. The van der Waals surface area contributed by atoms with E-state index in [0.29, 0.717) is 6.07 Å². The second-order valence-corrected chi connectivity index (χ2v) is 6.51. The van der Waals surface area contributed by atoms with Gasteiger partial charge >= 0.3 is 13.3 Å². The predicted molar refractivity (Wildman–Crippen MR) is 79.6 cm³/mol. The molecule has 134 valence electrons. The fourth-order valence-electron chi connectivity index (χ4n) is 2.19. The Balaban J connectivity index is 2.48. The van der Waals surface area contributed by atoms with Crippen LogP contribution in [0.1, 0.15) is 33.3 Å². The quantitative estimate of drug-likeness (QED) is 0.475. The molecule has 0 bridgehead atoms. The van der Waals surface area contributed by atoms with Gasteiger partial charge in [-0.2, -0.15) is 13.2 Å². The molecule has 4 nitrogen and oxygen atoms in total. The normalized spacial score (nSPS) is 19.6. The molecule has 0 saturated carbocycles. The van der Waals surface area contributed by atoms with Gasteiger partial charge in [0.15, 0.2) is 6.79 Å². The number of halogens is 4. The summed E-state index contributed by atoms with van der Waals surface area (Å²) in [6.45, 7) is 6.83. The topological polar surface area (TPSA) is 36.9 Å². The van der Waals surface area contributed by atoms with Crippen LogP contribution in [0.15, 0.2) is 12.1 Å². The van der Waals surface area contributed by atoms with Crippen LogP contribution in [-0.4, -0.2) is 32.2 Å². The Morgan fingerprint density at radius 1 is 1.08 bits per heavy atom. The number of rotatable bonds is 4. The highest BCUT2D eigenvalue weighted by Gasteiger charge is 2.53. The lowest BCUT2D eigenvalue weighted by atomic mass is 9.77. The van der Waals surface area contributed by atoms with Gasteiger partial charge in [0.25, 0.3) is 0 Å². The lowest BCUT2D eigenvalue weighted by molar-refractivity contribution is -0.140. The molecule has 24 heavy (non-hydrogen) atoms. The van der Waals surface area contributed by atoms with Crippen molar-refractivity contribution >= 4 is 12.6 Å². The maximum Gasteiger partial charge on any atom is 0.498 e. The van der Waals surface area contributed by atoms with E-state index >= 15 is 0 Å². The van der Waals surface area contributed by atoms with E-state index in [-0.39, 0.29) is 18.0 Å². The van der Waals surface area contributed by atoms with E-state index in [1.807, 2.05) is 0 Å². The van der Waals surface area contributed by atoms with Gasteiger partial charge in [0.1, 0.15) is 11.6 Å². The molecule has 1 aliphatic heterocycles. The van der Waals surface area contributed by atoms with Crippen LogP contribution in [0, 0.1) is 5.82 Å². The van der Waals surface area contributed by atoms with Crippen LogP contribution in [0.2, 0.25) is 0 Å². The summed E-state index contributed by atoms with van der Waals surface area (Å²) in [6.07, 6.45) is -4.84. The first-order chi connectivity index (χ1) is 10.9. The molecule has 0 amide bonds. The monoisotopic (exact) mass is 350 g/mol. The van der Waals surface area contributed by atoms with Crippen molar-refractivity contribution in [3.8, 4) is 5.75 Å². The zero-order chi connectivity index (χ0) is 18.3. The fourth-order valence-corrected chi connectivity index (χ4v) is 2.19. The molecule has 1 heterocycles. The molecule has 1 aliphatic rings. The van der Waals surface area contributed by atoms with Crippen LogP contribution in [0.25, 0.3) is 0 Å². The number of hydrogen-bond acceptors (Lipinski definition) is 4. The third-order valence-electron chi connectivity index (χ3n) is 4.24. The number of hydrogen-bond donors (Lipinski definition) is 0. The molecular formula is C15H19BF4O4. The van der Waals surface area contributed by atoms with Crippen molar-refractivity contribution in [3.63, 3.8) is 0 Å². The van der Waals surface area contributed by atoms with Crippen LogP contribution in [0.4, 0.5) is 17.6 Å². The fraction of sp³-hybridized carbons (Fsp3) is 0.600. The van der Waals surface area contributed by atoms with Gasteiger partial charge in [0, 0.05) is 12.6 Å². The highest BCUT2D eigenvalue weighted by Crippen LogP contribution is 2.38. The summed E-state index contributed by atoms with van der Waals surface area (Å²) >= 11 is 0. The first kappa shape index (κ1) is 19.0. The molecule has 0 aromatic heterocycles. The minimum absolute atomic E-state index is 0.0381. The van der Waals surface area contributed by atoms with E-state index in [1.54, 1.807) is 27.7 Å². The van der Waals surface area contributed by atoms with Gasteiger partial charge in [-0.3, -0.25) is 0 Å². The van der Waals surface area contributed by atoms with Gasteiger partial charge in [-0.25, -0.2) is 4.39 Å². The summed E-state index contributed by atoms with van der Waals surface area (Å²) in [5.74, 6) is -1.62. The van der Waals surface area contributed by atoms with Crippen LogP contribution < -0.4 is 10.2 Å². The van der Waals surface area contributed by atoms with Gasteiger partial charge in [-0.15, -0.1) is 0 Å². The van der Waals surface area contributed by atoms with E-state index in [0.717, 1.165) is 6.07 Å². The van der Waals surface area contributed by atoms with Crippen LogP contribution in [0.3, 0.4) is 0 Å². The maximum absolute atomic E-state index is 14.0. The number of benzene rings is 1. The lowest BCUT2D eigenvalue weighted by Gasteiger charge is -2.32. The molecule has 0 radical (unpaired) electrons. The standard InChI is InChI=1S/C15H19BF4O4/c1-13(2)14(3,4)24-16(23-13)10-7-11(17)9(15(18,19)20)6-12(10)22-8-21-5/h6-7H,8H2,1-5H3. The zero-order valence-electron chi connectivity index (χ0n) is 14.1. The number of ether oxygens (including phenoxy) is 2. The first-order valence-corrected chi connectivity index (χ1v) is 7.27. The smallest absolute Gasteiger partial charge is 0.468 e. The zero-order valence-corrected chi connectivity index (χ0v) is 14.1. The summed E-state index contributed by atoms with van der Waals surface area (Å²) in [5.41, 5.74) is -2.84. The van der Waals surface area contributed by atoms with Crippen molar-refractivity contribution in [2.45, 2.75) is 45.1 Å². The SMILES string of the molecule is COCOc1cc(C(F)(F)F)c(F)cc1B1OC(C)(C)C(C)(C)O1. The molecule has 0 atom stereocenters. The predicted octanol–water partition coefficient (Wildman–Crippen LogP) is 3.13. The highest BCUT2D eigenvalue weighted by molar-refractivity contribution is 6.63. The molecular weight excluding hydrogens is 331 g/mol. The summed E-state index contributed by atoms with van der Waals surface area (Å²) in [5, 5.41) is 0. The lowest BCUT2D eigenvalue weighted by Crippen LogP contribution is -2.41. The van der Waals surface area contributed by atoms with Crippen LogP contribution >= 0.6 is 0 Å². The average molecular weight is 350 g/mol. The molecule has 0 unspecified atom stereocenters. The minimum Gasteiger partial charge on any atom is -0.468 e. The molecule has 0 N–H and O–H groups in total. The van der Waals surface area contributed by atoms with Crippen molar-refractivity contribution < 1.29 is 36.3 Å². The van der Waals surface area contributed by atoms with E-state index in [1.165, 1.54) is 7.11 Å². The highest BCUT2D eigenvalue weighted by atomic mass is 19.4. The van der Waals surface area contributed by atoms with Crippen molar-refractivity contribution in [2.75, 3.05) is 13.9 Å². The van der Waals surface area contributed by atoms with E-state index in [9.17, 15) is 17.6 Å². The molecule has 1 aromatic rings. The number of alkyl halides is 3.